The maximum Gasteiger partial charge on any atom is 2.00 e. The zero-order valence-corrected chi connectivity index (χ0v) is 8.36. The third kappa shape index (κ3) is 45.5. The molecule has 0 heterocycles. The average molecular weight is 231 g/mol. The van der Waals surface area contributed by atoms with Gasteiger partial charge in [-0.3, -0.25) is 0 Å². The van der Waals surface area contributed by atoms with Crippen molar-refractivity contribution in [3.05, 3.63) is 0 Å². The van der Waals surface area contributed by atoms with Crippen molar-refractivity contribution in [1.82, 2.24) is 0 Å². The summed E-state index contributed by atoms with van der Waals surface area (Å²) >= 11 is 0. The topological polar surface area (TPSA) is 86.6 Å². The van der Waals surface area contributed by atoms with E-state index >= 15 is 0 Å². The summed E-state index contributed by atoms with van der Waals surface area (Å²) in [6, 6.07) is 0. The molecule has 0 spiro atoms. The van der Waals surface area contributed by atoms with Gasteiger partial charge in [0.05, 0.1) is 0 Å². The van der Waals surface area contributed by atoms with Crippen LogP contribution in [0.1, 0.15) is 0 Å². The van der Waals surface area contributed by atoms with E-state index in [-0.39, 0.29) is 48.9 Å². The number of hydrogen-bond acceptors (Lipinski definition) is 4. The average Bonchev–Trinajstić information content (AvgIpc) is 0.722. The van der Waals surface area contributed by atoms with Gasteiger partial charge >= 0.3 is 48.9 Å². The van der Waals surface area contributed by atoms with Gasteiger partial charge in [0.1, 0.15) is 9.05 Å². The Kier molecular flexibility index (Phi) is 6.36. The normalized spacial score (nSPS) is 10.0. The fourth-order valence-corrected chi connectivity index (χ4v) is 0. The first-order valence-corrected chi connectivity index (χ1v) is 2.57. The van der Waals surface area contributed by atoms with Gasteiger partial charge in [0.15, 0.2) is 0 Å². The number of rotatable bonds is 0. The van der Waals surface area contributed by atoms with Crippen LogP contribution >= 0.6 is 0 Å². The van der Waals surface area contributed by atoms with Crippen LogP contribution in [-0.4, -0.2) is 67.5 Å². The maximum atomic E-state index is 8.80. The molecule has 0 atom stereocenters. The molecule has 0 aliphatic heterocycles. The molecule has 6 heavy (non-hydrogen) atoms. The van der Waals surface area contributed by atoms with Gasteiger partial charge < -0.3 is 19.2 Å². The first kappa shape index (κ1) is 10.6. The summed E-state index contributed by atoms with van der Waals surface area (Å²) in [4.78, 5) is 31.8. The van der Waals surface area contributed by atoms with E-state index < -0.39 is 9.05 Å². The van der Waals surface area contributed by atoms with Crippen LogP contribution in [0.25, 0.3) is 0 Å². The molecule has 0 aromatic heterocycles. The predicted molar refractivity (Wildman–Crippen MR) is 15.9 cm³/mol. The van der Waals surface area contributed by atoms with Crippen molar-refractivity contribution in [2.24, 2.45) is 0 Å². The molecular formula is H2BaO4Si. The minimum atomic E-state index is -5.11. The van der Waals surface area contributed by atoms with Gasteiger partial charge in [-0.05, 0) is 0 Å². The van der Waals surface area contributed by atoms with Gasteiger partial charge in [-0.2, -0.15) is 0 Å². The molecule has 0 aromatic carbocycles. The predicted octanol–water partition coefficient (Wildman–Crippen LogP) is -4.25. The minimum Gasteiger partial charge on any atom is -0.828 e. The molecule has 0 unspecified atom stereocenters. The van der Waals surface area contributed by atoms with Crippen LogP contribution in [0.2, 0.25) is 0 Å². The molecule has 0 aliphatic carbocycles. The molecule has 0 saturated carbocycles. The molecule has 0 radical (unpaired) electrons. The van der Waals surface area contributed by atoms with E-state index in [1.807, 2.05) is 0 Å². The second-order valence-corrected chi connectivity index (χ2v) is 1.65. The smallest absolute Gasteiger partial charge is 0.828 e. The van der Waals surface area contributed by atoms with Crippen LogP contribution in [0.5, 0.6) is 0 Å². The van der Waals surface area contributed by atoms with Crippen LogP contribution in [0, 0.1) is 0 Å². The van der Waals surface area contributed by atoms with Gasteiger partial charge in [-0.1, -0.05) is 0 Å². The molecule has 0 aromatic rings. The van der Waals surface area contributed by atoms with Crippen molar-refractivity contribution in [1.29, 1.82) is 0 Å². The summed E-state index contributed by atoms with van der Waals surface area (Å²) in [5.74, 6) is 0. The molecule has 0 rings (SSSR count). The Morgan fingerprint density at radius 1 is 1.17 bits per heavy atom. The standard InChI is InChI=1S/Ba.H2O4Si/c;1-5(2,3)4/h;1-2H/q+2;-2. The second-order valence-electron chi connectivity index (χ2n) is 0.548. The number of hydrogen-bond donors (Lipinski definition) is 2. The molecule has 6 heteroatoms. The molecule has 0 fully saturated rings. The van der Waals surface area contributed by atoms with Gasteiger partial charge in [0.2, 0.25) is 0 Å². The summed E-state index contributed by atoms with van der Waals surface area (Å²) in [7, 11) is -5.11. The van der Waals surface area contributed by atoms with Crippen molar-refractivity contribution >= 4 is 57.9 Å². The zero-order chi connectivity index (χ0) is 4.50. The molecule has 32 valence electrons. The van der Waals surface area contributed by atoms with E-state index in [1.165, 1.54) is 0 Å². The van der Waals surface area contributed by atoms with Crippen LogP contribution < -0.4 is 9.59 Å². The summed E-state index contributed by atoms with van der Waals surface area (Å²) in [5.41, 5.74) is 0. The fraction of sp³-hybridized carbons (Fsp3) is 0. The van der Waals surface area contributed by atoms with E-state index in [9.17, 15) is 0 Å². The van der Waals surface area contributed by atoms with E-state index in [4.69, 9.17) is 19.2 Å². The Labute approximate surface area is 76.0 Å². The van der Waals surface area contributed by atoms with Crippen molar-refractivity contribution in [2.75, 3.05) is 0 Å². The van der Waals surface area contributed by atoms with E-state index in [2.05, 4.69) is 0 Å². The van der Waals surface area contributed by atoms with E-state index in [0.29, 0.717) is 0 Å². The maximum absolute atomic E-state index is 8.80. The summed E-state index contributed by atoms with van der Waals surface area (Å²) in [5, 5.41) is 0. The summed E-state index contributed by atoms with van der Waals surface area (Å²) in [6.45, 7) is 0. The molecule has 0 amide bonds. The Morgan fingerprint density at radius 3 is 1.17 bits per heavy atom. The third-order valence-electron chi connectivity index (χ3n) is 0. The van der Waals surface area contributed by atoms with E-state index in [0.717, 1.165) is 0 Å². The van der Waals surface area contributed by atoms with Crippen molar-refractivity contribution in [3.8, 4) is 0 Å². The van der Waals surface area contributed by atoms with Crippen LogP contribution in [0.3, 0.4) is 0 Å². The SMILES string of the molecule is [Ba+2].[O-][Si]([O-])(O)O. The molecular weight excluding hydrogens is 229 g/mol. The first-order chi connectivity index (χ1) is 2.00. The molecule has 0 saturated heterocycles. The van der Waals surface area contributed by atoms with Crippen LogP contribution in [0.4, 0.5) is 0 Å². The Hall–Kier alpha value is 1.63. The van der Waals surface area contributed by atoms with Gasteiger partial charge in [-0.25, -0.2) is 0 Å². The Bertz CT molecular complexity index is 23.0. The monoisotopic (exact) mass is 232 g/mol. The largest absolute Gasteiger partial charge is 2.00 e. The van der Waals surface area contributed by atoms with Crippen LogP contribution in [0.15, 0.2) is 0 Å². The fourth-order valence-electron chi connectivity index (χ4n) is 0. The second kappa shape index (κ2) is 3.61. The summed E-state index contributed by atoms with van der Waals surface area (Å²) in [6.07, 6.45) is 0. The minimum absolute atomic E-state index is 0. The van der Waals surface area contributed by atoms with E-state index in [1.54, 1.807) is 0 Å². The summed E-state index contributed by atoms with van der Waals surface area (Å²) < 4.78 is 0. The zero-order valence-electron chi connectivity index (χ0n) is 2.92. The molecule has 4 nitrogen and oxygen atoms in total. The van der Waals surface area contributed by atoms with Crippen molar-refractivity contribution < 1.29 is 19.2 Å². The molecule has 2 N–H and O–H groups in total. The Morgan fingerprint density at radius 2 is 1.17 bits per heavy atom. The third-order valence-corrected chi connectivity index (χ3v) is 0. The van der Waals surface area contributed by atoms with Gasteiger partial charge in [-0.15, -0.1) is 0 Å². The molecule has 0 bridgehead atoms. The van der Waals surface area contributed by atoms with Crippen molar-refractivity contribution in [3.63, 3.8) is 0 Å². The first-order valence-electron chi connectivity index (χ1n) is 0.855. The molecule has 0 aliphatic rings. The van der Waals surface area contributed by atoms with Gasteiger partial charge in [0, 0.05) is 0 Å². The quantitative estimate of drug-likeness (QED) is 0.414. The van der Waals surface area contributed by atoms with Crippen molar-refractivity contribution in [2.45, 2.75) is 0 Å². The van der Waals surface area contributed by atoms with Gasteiger partial charge in [0.25, 0.3) is 0 Å². The Balaban J connectivity index is 0. The van der Waals surface area contributed by atoms with Crippen LogP contribution in [-0.2, 0) is 0 Å².